The first-order valence-corrected chi connectivity index (χ1v) is 4.44. The Balaban J connectivity index is 2.69. The molecule has 0 bridgehead atoms. The summed E-state index contributed by atoms with van der Waals surface area (Å²) in [4.78, 5) is 10.4. The predicted octanol–water partition coefficient (Wildman–Crippen LogP) is 2.10. The van der Waals surface area contributed by atoms with E-state index in [0.717, 1.165) is 17.5 Å². The molecule has 0 aliphatic heterocycles. The molecule has 0 unspecified atom stereocenters. The summed E-state index contributed by atoms with van der Waals surface area (Å²) in [6, 6.07) is 7.24. The van der Waals surface area contributed by atoms with E-state index in [1.54, 1.807) is 26.2 Å². The molecule has 4 nitrogen and oxygen atoms in total. The largest absolute Gasteiger partial charge is 0.497 e. The summed E-state index contributed by atoms with van der Waals surface area (Å²) in [5.41, 5.74) is 1.40. The smallest absolute Gasteiger partial charge is 0.330 e. The molecule has 0 aliphatic rings. The van der Waals surface area contributed by atoms with Crippen LogP contribution in [0.25, 0.3) is 0 Å². The van der Waals surface area contributed by atoms with Gasteiger partial charge in [-0.1, -0.05) is 0 Å². The Labute approximate surface area is 88.2 Å². The lowest BCUT2D eigenvalue weighted by Crippen LogP contribution is -1.99. The van der Waals surface area contributed by atoms with E-state index in [0.29, 0.717) is 5.70 Å². The number of aliphatic carboxylic acids is 1. The maximum absolute atomic E-state index is 10.4. The number of nitrogens with one attached hydrogen (secondary N) is 1. The number of ether oxygens (including phenoxy) is 1. The van der Waals surface area contributed by atoms with Crippen LogP contribution in [-0.4, -0.2) is 18.2 Å². The summed E-state index contributed by atoms with van der Waals surface area (Å²) in [5.74, 6) is -0.200. The van der Waals surface area contributed by atoms with Gasteiger partial charge in [-0.25, -0.2) is 4.79 Å². The lowest BCUT2D eigenvalue weighted by Gasteiger charge is -2.06. The van der Waals surface area contributed by atoms with Crippen LogP contribution in [0.4, 0.5) is 5.69 Å². The molecule has 1 aromatic carbocycles. The fourth-order valence-corrected chi connectivity index (χ4v) is 1.12. The molecule has 2 N–H and O–H groups in total. The number of benzene rings is 1. The topological polar surface area (TPSA) is 58.6 Å². The molecule has 0 saturated carbocycles. The van der Waals surface area contributed by atoms with E-state index in [-0.39, 0.29) is 0 Å². The van der Waals surface area contributed by atoms with Gasteiger partial charge in [0.25, 0.3) is 0 Å². The minimum absolute atomic E-state index is 0.577. The Morgan fingerprint density at radius 1 is 1.40 bits per heavy atom. The third-order valence-corrected chi connectivity index (χ3v) is 1.77. The fourth-order valence-electron chi connectivity index (χ4n) is 1.12. The van der Waals surface area contributed by atoms with Crippen LogP contribution >= 0.6 is 0 Å². The van der Waals surface area contributed by atoms with E-state index >= 15 is 0 Å². The van der Waals surface area contributed by atoms with Gasteiger partial charge < -0.3 is 15.2 Å². The van der Waals surface area contributed by atoms with Gasteiger partial charge in [0.15, 0.2) is 0 Å². The monoisotopic (exact) mass is 207 g/mol. The van der Waals surface area contributed by atoms with Gasteiger partial charge in [0, 0.05) is 17.5 Å². The van der Waals surface area contributed by atoms with E-state index in [1.807, 2.05) is 12.1 Å². The van der Waals surface area contributed by atoms with Gasteiger partial charge in [-0.2, -0.15) is 0 Å². The summed E-state index contributed by atoms with van der Waals surface area (Å²) in [7, 11) is 1.60. The molecule has 0 spiro atoms. The highest BCUT2D eigenvalue weighted by molar-refractivity contribution is 5.81. The third kappa shape index (κ3) is 3.72. The molecule has 1 aromatic rings. The van der Waals surface area contributed by atoms with Crippen LogP contribution < -0.4 is 10.1 Å². The van der Waals surface area contributed by atoms with Crippen molar-refractivity contribution in [3.8, 4) is 5.75 Å². The molecule has 0 heterocycles. The Bertz CT molecular complexity index is 368. The zero-order valence-corrected chi connectivity index (χ0v) is 8.65. The van der Waals surface area contributed by atoms with Crippen LogP contribution in [0.15, 0.2) is 36.0 Å². The van der Waals surface area contributed by atoms with Crippen LogP contribution in [0.1, 0.15) is 6.92 Å². The van der Waals surface area contributed by atoms with Crippen LogP contribution in [0.2, 0.25) is 0 Å². The maximum Gasteiger partial charge on any atom is 0.330 e. The summed E-state index contributed by atoms with van der Waals surface area (Å²) in [6.07, 6.45) is 1.12. The number of carboxylic acids is 1. The highest BCUT2D eigenvalue weighted by atomic mass is 16.5. The summed E-state index contributed by atoms with van der Waals surface area (Å²) >= 11 is 0. The van der Waals surface area contributed by atoms with E-state index in [1.165, 1.54) is 0 Å². The standard InChI is InChI=1S/C11H13NO3/c1-8(7-11(13)14)12-9-3-5-10(15-2)6-4-9/h3-7,12H,1-2H3,(H,13,14)/b8-7-. The van der Waals surface area contributed by atoms with Crippen molar-refractivity contribution in [2.75, 3.05) is 12.4 Å². The molecule has 0 fully saturated rings. The number of carboxylic acid groups (broad SMARTS) is 1. The van der Waals surface area contributed by atoms with Crippen molar-refractivity contribution in [1.29, 1.82) is 0 Å². The van der Waals surface area contributed by atoms with Crippen LogP contribution in [0.5, 0.6) is 5.75 Å². The molecule has 15 heavy (non-hydrogen) atoms. The van der Waals surface area contributed by atoms with E-state index in [9.17, 15) is 4.79 Å². The summed E-state index contributed by atoms with van der Waals surface area (Å²) < 4.78 is 5.00. The van der Waals surface area contributed by atoms with Crippen LogP contribution in [0.3, 0.4) is 0 Å². The maximum atomic E-state index is 10.4. The van der Waals surface area contributed by atoms with Gasteiger partial charge in [-0.05, 0) is 31.2 Å². The molecular weight excluding hydrogens is 194 g/mol. The summed E-state index contributed by atoms with van der Waals surface area (Å²) in [5, 5.41) is 11.5. The average Bonchev–Trinajstić information content (AvgIpc) is 2.17. The second kappa shape index (κ2) is 5.05. The zero-order chi connectivity index (χ0) is 11.3. The Morgan fingerprint density at radius 2 is 2.00 bits per heavy atom. The first-order valence-electron chi connectivity index (χ1n) is 4.44. The molecule has 0 aromatic heterocycles. The Kier molecular flexibility index (Phi) is 3.74. The number of anilines is 1. The van der Waals surface area contributed by atoms with E-state index in [4.69, 9.17) is 9.84 Å². The SMILES string of the molecule is COc1ccc(N/C(C)=C\C(=O)O)cc1. The molecule has 0 atom stereocenters. The van der Waals surface area contributed by atoms with Crippen molar-refractivity contribution in [2.45, 2.75) is 6.92 Å². The Morgan fingerprint density at radius 3 is 2.47 bits per heavy atom. The third-order valence-electron chi connectivity index (χ3n) is 1.77. The van der Waals surface area contributed by atoms with Crippen molar-refractivity contribution in [1.82, 2.24) is 0 Å². The fraction of sp³-hybridized carbons (Fsp3) is 0.182. The quantitative estimate of drug-likeness (QED) is 0.742. The molecule has 4 heteroatoms. The number of hydrogen-bond donors (Lipinski definition) is 2. The number of methoxy groups -OCH3 is 1. The minimum Gasteiger partial charge on any atom is -0.497 e. The number of carbonyl (C=O) groups is 1. The average molecular weight is 207 g/mol. The highest BCUT2D eigenvalue weighted by Gasteiger charge is 1.96. The van der Waals surface area contributed by atoms with Gasteiger partial charge in [0.2, 0.25) is 0 Å². The van der Waals surface area contributed by atoms with Gasteiger partial charge >= 0.3 is 5.97 Å². The number of hydrogen-bond acceptors (Lipinski definition) is 3. The first-order chi connectivity index (χ1) is 7.11. The first kappa shape index (κ1) is 11.1. The van der Waals surface area contributed by atoms with Crippen LogP contribution in [0, 0.1) is 0 Å². The molecule has 0 saturated heterocycles. The predicted molar refractivity (Wildman–Crippen MR) is 58.0 cm³/mol. The minimum atomic E-state index is -0.964. The van der Waals surface area contributed by atoms with Gasteiger partial charge in [-0.3, -0.25) is 0 Å². The van der Waals surface area contributed by atoms with Crippen molar-refractivity contribution in [2.24, 2.45) is 0 Å². The highest BCUT2D eigenvalue weighted by Crippen LogP contribution is 2.16. The molecular formula is C11H13NO3. The number of rotatable bonds is 4. The Hall–Kier alpha value is -1.97. The van der Waals surface area contributed by atoms with Gasteiger partial charge in [-0.15, -0.1) is 0 Å². The molecule has 0 aliphatic carbocycles. The van der Waals surface area contributed by atoms with Crippen molar-refractivity contribution >= 4 is 11.7 Å². The second-order valence-corrected chi connectivity index (χ2v) is 3.02. The lowest BCUT2D eigenvalue weighted by atomic mass is 10.3. The van der Waals surface area contributed by atoms with E-state index < -0.39 is 5.97 Å². The van der Waals surface area contributed by atoms with E-state index in [2.05, 4.69) is 5.32 Å². The molecule has 1 rings (SSSR count). The zero-order valence-electron chi connectivity index (χ0n) is 8.65. The summed E-state index contributed by atoms with van der Waals surface area (Å²) in [6.45, 7) is 1.69. The number of allylic oxidation sites excluding steroid dienone is 1. The van der Waals surface area contributed by atoms with Crippen molar-refractivity contribution in [3.63, 3.8) is 0 Å². The lowest BCUT2D eigenvalue weighted by molar-refractivity contribution is -0.131. The van der Waals surface area contributed by atoms with Gasteiger partial charge in [0.1, 0.15) is 5.75 Å². The molecule has 80 valence electrons. The molecule has 0 radical (unpaired) electrons. The second-order valence-electron chi connectivity index (χ2n) is 3.02. The van der Waals surface area contributed by atoms with Crippen LogP contribution in [-0.2, 0) is 4.79 Å². The van der Waals surface area contributed by atoms with Crippen molar-refractivity contribution < 1.29 is 14.6 Å². The van der Waals surface area contributed by atoms with Gasteiger partial charge in [0.05, 0.1) is 7.11 Å². The molecule has 0 amide bonds. The van der Waals surface area contributed by atoms with Crippen molar-refractivity contribution in [3.05, 3.63) is 36.0 Å². The normalized spacial score (nSPS) is 10.9.